The number of hydrogen-bond donors (Lipinski definition) is 1. The lowest BCUT2D eigenvalue weighted by Crippen LogP contribution is -2.55. The molecule has 0 radical (unpaired) electrons. The van der Waals surface area contributed by atoms with E-state index >= 15 is 0 Å². The molecule has 1 N–H and O–H groups in total. The number of hydrogen-bond acceptors (Lipinski definition) is 3. The van der Waals surface area contributed by atoms with E-state index in [2.05, 4.69) is 24.1 Å². The number of rotatable bonds is 3. The van der Waals surface area contributed by atoms with Crippen LogP contribution in [0.15, 0.2) is 0 Å². The summed E-state index contributed by atoms with van der Waals surface area (Å²) < 4.78 is 0. The highest BCUT2D eigenvalue weighted by atomic mass is 16.2. The fourth-order valence-electron chi connectivity index (χ4n) is 3.67. The fourth-order valence-corrected chi connectivity index (χ4v) is 3.67. The van der Waals surface area contributed by atoms with Crippen molar-refractivity contribution in [1.82, 2.24) is 10.2 Å². The lowest BCUT2D eigenvalue weighted by atomic mass is 9.63. The maximum absolute atomic E-state index is 12.0. The zero-order chi connectivity index (χ0) is 13.2. The summed E-state index contributed by atoms with van der Waals surface area (Å²) in [5, 5.41) is 2.50. The van der Waals surface area contributed by atoms with Crippen molar-refractivity contribution in [1.29, 1.82) is 0 Å². The number of imide groups is 1. The van der Waals surface area contributed by atoms with Gasteiger partial charge in [0.25, 0.3) is 0 Å². The first kappa shape index (κ1) is 13.5. The van der Waals surface area contributed by atoms with Gasteiger partial charge in [0.05, 0.1) is 0 Å². The van der Waals surface area contributed by atoms with Gasteiger partial charge < -0.3 is 4.90 Å². The molecule has 0 aromatic heterocycles. The van der Waals surface area contributed by atoms with E-state index in [1.54, 1.807) is 0 Å². The Kier molecular flexibility index (Phi) is 4.05. The Morgan fingerprint density at radius 3 is 2.50 bits per heavy atom. The van der Waals surface area contributed by atoms with Crippen LogP contribution in [0.4, 0.5) is 0 Å². The standard InChI is InChI=1S/C14H24N2O2/c1-3-7-16-8-5-14(6-9-16)10-12(17)15-13(18)11(14)4-2/h11H,3-10H2,1-2H3,(H,15,17,18). The third-order valence-corrected chi connectivity index (χ3v) is 4.63. The van der Waals surface area contributed by atoms with Gasteiger partial charge in [-0.3, -0.25) is 14.9 Å². The SMILES string of the molecule is CCCN1CCC2(CC1)CC(=O)NC(=O)C2CC. The van der Waals surface area contributed by atoms with E-state index in [0.717, 1.165) is 38.9 Å². The van der Waals surface area contributed by atoms with Crippen LogP contribution in [0.3, 0.4) is 0 Å². The van der Waals surface area contributed by atoms with Crippen molar-refractivity contribution in [3.8, 4) is 0 Å². The normalized spacial score (nSPS) is 28.4. The number of carbonyl (C=O) groups excluding carboxylic acids is 2. The minimum Gasteiger partial charge on any atom is -0.303 e. The van der Waals surface area contributed by atoms with Gasteiger partial charge in [-0.25, -0.2) is 0 Å². The number of carbonyl (C=O) groups is 2. The number of nitrogens with zero attached hydrogens (tertiary/aromatic N) is 1. The van der Waals surface area contributed by atoms with Crippen LogP contribution < -0.4 is 5.32 Å². The quantitative estimate of drug-likeness (QED) is 0.775. The molecule has 0 bridgehead atoms. The van der Waals surface area contributed by atoms with Gasteiger partial charge in [-0.2, -0.15) is 0 Å². The first-order valence-corrected chi connectivity index (χ1v) is 7.17. The van der Waals surface area contributed by atoms with Gasteiger partial charge in [0.1, 0.15) is 0 Å². The van der Waals surface area contributed by atoms with Gasteiger partial charge in [-0.1, -0.05) is 13.8 Å². The van der Waals surface area contributed by atoms with Crippen LogP contribution in [-0.2, 0) is 9.59 Å². The highest BCUT2D eigenvalue weighted by Gasteiger charge is 2.48. The Hall–Kier alpha value is -0.900. The molecule has 2 saturated heterocycles. The molecule has 2 heterocycles. The van der Waals surface area contributed by atoms with E-state index in [-0.39, 0.29) is 23.1 Å². The summed E-state index contributed by atoms with van der Waals surface area (Å²) in [7, 11) is 0. The molecule has 0 aliphatic carbocycles. The monoisotopic (exact) mass is 252 g/mol. The summed E-state index contributed by atoms with van der Waals surface area (Å²) >= 11 is 0. The Labute approximate surface area is 109 Å². The Bertz CT molecular complexity index is 333. The number of amides is 2. The molecule has 4 heteroatoms. The smallest absolute Gasteiger partial charge is 0.230 e. The molecule has 0 aromatic carbocycles. The van der Waals surface area contributed by atoms with Gasteiger partial charge in [-0.05, 0) is 50.7 Å². The van der Waals surface area contributed by atoms with Gasteiger partial charge in [0, 0.05) is 12.3 Å². The average molecular weight is 252 g/mol. The predicted octanol–water partition coefficient (Wildman–Crippen LogP) is 1.55. The highest BCUT2D eigenvalue weighted by molar-refractivity contribution is 5.99. The summed E-state index contributed by atoms with van der Waals surface area (Å²) in [6.07, 6.45) is 4.53. The minimum atomic E-state index is -0.0753. The van der Waals surface area contributed by atoms with Crippen molar-refractivity contribution in [2.75, 3.05) is 19.6 Å². The zero-order valence-electron chi connectivity index (χ0n) is 11.5. The fraction of sp³-hybridized carbons (Fsp3) is 0.857. The summed E-state index contributed by atoms with van der Waals surface area (Å²) in [5.74, 6) is -0.0923. The summed E-state index contributed by atoms with van der Waals surface area (Å²) in [6, 6.07) is 0. The van der Waals surface area contributed by atoms with Gasteiger partial charge in [0.15, 0.2) is 0 Å². The first-order valence-electron chi connectivity index (χ1n) is 7.17. The molecule has 1 atom stereocenters. The van der Waals surface area contributed by atoms with Crippen LogP contribution in [-0.4, -0.2) is 36.3 Å². The van der Waals surface area contributed by atoms with E-state index in [1.807, 2.05) is 0 Å². The van der Waals surface area contributed by atoms with E-state index in [9.17, 15) is 9.59 Å². The van der Waals surface area contributed by atoms with Crippen LogP contribution >= 0.6 is 0 Å². The zero-order valence-corrected chi connectivity index (χ0v) is 11.5. The second kappa shape index (κ2) is 5.39. The number of piperidine rings is 2. The molecule has 2 amide bonds. The molecule has 1 unspecified atom stereocenters. The molecular formula is C14H24N2O2. The first-order chi connectivity index (χ1) is 8.61. The number of likely N-dealkylation sites (tertiary alicyclic amines) is 1. The number of nitrogens with one attached hydrogen (secondary N) is 1. The maximum atomic E-state index is 12.0. The van der Waals surface area contributed by atoms with Crippen LogP contribution in [0.2, 0.25) is 0 Å². The van der Waals surface area contributed by atoms with E-state index in [0.29, 0.717) is 6.42 Å². The van der Waals surface area contributed by atoms with Crippen molar-refractivity contribution in [3.05, 3.63) is 0 Å². The van der Waals surface area contributed by atoms with Crippen molar-refractivity contribution >= 4 is 11.8 Å². The van der Waals surface area contributed by atoms with E-state index in [4.69, 9.17) is 0 Å². The largest absolute Gasteiger partial charge is 0.303 e. The second-order valence-electron chi connectivity index (χ2n) is 5.75. The molecule has 2 rings (SSSR count). The topological polar surface area (TPSA) is 49.4 Å². The van der Waals surface area contributed by atoms with E-state index in [1.165, 1.54) is 6.42 Å². The Morgan fingerprint density at radius 1 is 1.28 bits per heavy atom. The summed E-state index contributed by atoms with van der Waals surface area (Å²) in [6.45, 7) is 7.44. The van der Waals surface area contributed by atoms with Gasteiger partial charge in [0.2, 0.25) is 11.8 Å². The molecule has 0 saturated carbocycles. The molecule has 2 aliphatic rings. The second-order valence-corrected chi connectivity index (χ2v) is 5.75. The molecule has 2 fully saturated rings. The highest BCUT2D eigenvalue weighted by Crippen LogP contribution is 2.45. The lowest BCUT2D eigenvalue weighted by Gasteiger charge is -2.47. The minimum absolute atomic E-state index is 0.0268. The lowest BCUT2D eigenvalue weighted by molar-refractivity contribution is -0.146. The maximum Gasteiger partial charge on any atom is 0.230 e. The van der Waals surface area contributed by atoms with Crippen molar-refractivity contribution in [2.45, 2.75) is 46.0 Å². The molecule has 1 spiro atoms. The van der Waals surface area contributed by atoms with Crippen molar-refractivity contribution in [2.24, 2.45) is 11.3 Å². The van der Waals surface area contributed by atoms with Crippen LogP contribution in [0.1, 0.15) is 46.0 Å². The Balaban J connectivity index is 2.09. The average Bonchev–Trinajstić information content (AvgIpc) is 2.32. The van der Waals surface area contributed by atoms with Crippen LogP contribution in [0, 0.1) is 11.3 Å². The van der Waals surface area contributed by atoms with Gasteiger partial charge in [-0.15, -0.1) is 0 Å². The Morgan fingerprint density at radius 2 is 1.94 bits per heavy atom. The summed E-state index contributed by atoms with van der Waals surface area (Å²) in [4.78, 5) is 26.1. The van der Waals surface area contributed by atoms with Crippen LogP contribution in [0.25, 0.3) is 0 Å². The van der Waals surface area contributed by atoms with Crippen molar-refractivity contribution in [3.63, 3.8) is 0 Å². The molecule has 18 heavy (non-hydrogen) atoms. The molecule has 0 aromatic rings. The van der Waals surface area contributed by atoms with E-state index < -0.39 is 0 Å². The van der Waals surface area contributed by atoms with Gasteiger partial charge >= 0.3 is 0 Å². The molecular weight excluding hydrogens is 228 g/mol. The predicted molar refractivity (Wildman–Crippen MR) is 69.9 cm³/mol. The van der Waals surface area contributed by atoms with Crippen molar-refractivity contribution < 1.29 is 9.59 Å². The summed E-state index contributed by atoms with van der Waals surface area (Å²) in [5.41, 5.74) is -0.0571. The molecule has 2 aliphatic heterocycles. The third kappa shape index (κ3) is 2.44. The van der Waals surface area contributed by atoms with Crippen LogP contribution in [0.5, 0.6) is 0 Å². The molecule has 102 valence electrons. The molecule has 4 nitrogen and oxygen atoms in total. The third-order valence-electron chi connectivity index (χ3n) is 4.63.